The molecule has 0 nitrogen and oxygen atoms in total. The topological polar surface area (TPSA) is 0 Å². The quantitative estimate of drug-likeness (QED) is 0.213. The average molecular weight is 495 g/mol. The van der Waals surface area contributed by atoms with Crippen molar-refractivity contribution in [3.8, 4) is 0 Å². The zero-order valence-corrected chi connectivity index (χ0v) is 20.0. The SMILES string of the molecule is CCCC1CCC(C2CCC(c3ccc(/C(F)=C(\F)c4cc(F)c(F)c(F)c4)c(F)c3)CC2)CC1. The van der Waals surface area contributed by atoms with Gasteiger partial charge in [-0.1, -0.05) is 38.7 Å². The van der Waals surface area contributed by atoms with Crippen molar-refractivity contribution < 1.29 is 26.3 Å². The summed E-state index contributed by atoms with van der Waals surface area (Å²) in [5, 5.41) is 0. The summed E-state index contributed by atoms with van der Waals surface area (Å²) in [7, 11) is 0. The Morgan fingerprint density at radius 3 is 1.83 bits per heavy atom. The van der Waals surface area contributed by atoms with Crippen LogP contribution in [0.15, 0.2) is 30.3 Å². The number of hydrogen-bond acceptors (Lipinski definition) is 0. The Morgan fingerprint density at radius 2 is 1.29 bits per heavy atom. The van der Waals surface area contributed by atoms with Crippen molar-refractivity contribution in [2.45, 2.75) is 77.0 Å². The molecule has 2 aromatic rings. The molecule has 2 saturated carbocycles. The van der Waals surface area contributed by atoms with Crippen molar-refractivity contribution in [3.05, 3.63) is 70.3 Å². The maximum atomic E-state index is 14.8. The van der Waals surface area contributed by atoms with Crippen LogP contribution in [0, 0.1) is 41.0 Å². The van der Waals surface area contributed by atoms with E-state index in [4.69, 9.17) is 0 Å². The van der Waals surface area contributed by atoms with Crippen LogP contribution in [-0.2, 0) is 0 Å². The van der Waals surface area contributed by atoms with Gasteiger partial charge in [0.05, 0.1) is 0 Å². The predicted octanol–water partition coefficient (Wildman–Crippen LogP) is 9.89. The Balaban J connectivity index is 1.41. The van der Waals surface area contributed by atoms with E-state index < -0.39 is 46.0 Å². The van der Waals surface area contributed by atoms with Crippen LogP contribution in [0.5, 0.6) is 0 Å². The minimum Gasteiger partial charge on any atom is -0.206 e. The lowest BCUT2D eigenvalue weighted by Crippen LogP contribution is -2.25. The van der Waals surface area contributed by atoms with Crippen LogP contribution in [0.4, 0.5) is 26.3 Å². The third kappa shape index (κ3) is 5.78. The van der Waals surface area contributed by atoms with Gasteiger partial charge in [0.25, 0.3) is 0 Å². The minimum absolute atomic E-state index is 0.170. The third-order valence-electron chi connectivity index (χ3n) is 8.16. The highest BCUT2D eigenvalue weighted by molar-refractivity contribution is 5.83. The molecule has 0 heterocycles. The number of halogens is 6. The van der Waals surface area contributed by atoms with E-state index in [0.29, 0.717) is 18.1 Å². The molecule has 0 amide bonds. The number of hydrogen-bond donors (Lipinski definition) is 0. The van der Waals surface area contributed by atoms with Crippen LogP contribution in [0.3, 0.4) is 0 Å². The second-order valence-corrected chi connectivity index (χ2v) is 10.3. The predicted molar refractivity (Wildman–Crippen MR) is 127 cm³/mol. The van der Waals surface area contributed by atoms with Crippen LogP contribution in [0.2, 0.25) is 0 Å². The van der Waals surface area contributed by atoms with Crippen LogP contribution in [0.25, 0.3) is 11.7 Å². The zero-order chi connectivity index (χ0) is 25.1. The van der Waals surface area contributed by atoms with Gasteiger partial charge in [0.1, 0.15) is 5.82 Å². The Morgan fingerprint density at radius 1 is 0.714 bits per heavy atom. The normalized spacial score (nSPS) is 25.9. The van der Waals surface area contributed by atoms with Crippen molar-refractivity contribution in [3.63, 3.8) is 0 Å². The highest BCUT2D eigenvalue weighted by Crippen LogP contribution is 2.45. The lowest BCUT2D eigenvalue weighted by atomic mass is 9.68. The molecule has 0 aliphatic heterocycles. The largest absolute Gasteiger partial charge is 0.206 e. The standard InChI is InChI=1S/C29H32F6/c1-2-3-17-4-6-18(7-5-17)19-8-10-20(11-9-19)21-12-13-23(24(30)14-21)28(34)27(33)22-15-25(31)29(35)26(32)16-22/h12-20H,2-11H2,1H3/b28-27+. The smallest absolute Gasteiger partial charge is 0.194 e. The fourth-order valence-electron chi connectivity index (χ4n) is 6.17. The van der Waals surface area contributed by atoms with Crippen molar-refractivity contribution >= 4 is 11.7 Å². The summed E-state index contributed by atoms with van der Waals surface area (Å²) < 4.78 is 83.9. The van der Waals surface area contributed by atoms with Gasteiger partial charge in [0.2, 0.25) is 0 Å². The van der Waals surface area contributed by atoms with Crippen molar-refractivity contribution in [1.29, 1.82) is 0 Å². The summed E-state index contributed by atoms with van der Waals surface area (Å²) in [5.74, 6) is -6.70. The summed E-state index contributed by atoms with van der Waals surface area (Å²) in [5.41, 5.74) is -0.707. The van der Waals surface area contributed by atoms with E-state index >= 15 is 0 Å². The second-order valence-electron chi connectivity index (χ2n) is 10.3. The van der Waals surface area contributed by atoms with Crippen molar-refractivity contribution in [2.75, 3.05) is 0 Å². The van der Waals surface area contributed by atoms with E-state index in [1.807, 2.05) is 0 Å². The Kier molecular flexibility index (Phi) is 8.28. The summed E-state index contributed by atoms with van der Waals surface area (Å²) >= 11 is 0. The summed E-state index contributed by atoms with van der Waals surface area (Å²) in [4.78, 5) is 0. The van der Waals surface area contributed by atoms with E-state index in [1.165, 1.54) is 44.6 Å². The van der Waals surface area contributed by atoms with Gasteiger partial charge in [-0.25, -0.2) is 26.3 Å². The Hall–Kier alpha value is -2.24. The van der Waals surface area contributed by atoms with E-state index in [-0.39, 0.29) is 5.92 Å². The zero-order valence-electron chi connectivity index (χ0n) is 20.0. The molecule has 2 fully saturated rings. The molecule has 0 atom stereocenters. The van der Waals surface area contributed by atoms with E-state index in [1.54, 1.807) is 6.07 Å². The molecule has 4 rings (SSSR count). The van der Waals surface area contributed by atoms with Crippen molar-refractivity contribution in [2.24, 2.45) is 17.8 Å². The Labute approximate surface area is 203 Å². The molecule has 2 aliphatic rings. The fraction of sp³-hybridized carbons (Fsp3) is 0.517. The van der Waals surface area contributed by atoms with Gasteiger partial charge in [0.15, 0.2) is 29.1 Å². The third-order valence-corrected chi connectivity index (χ3v) is 8.16. The first-order valence-corrected chi connectivity index (χ1v) is 12.8. The van der Waals surface area contributed by atoms with Gasteiger partial charge in [-0.3, -0.25) is 0 Å². The molecular weight excluding hydrogens is 462 g/mol. The van der Waals surface area contributed by atoms with E-state index in [9.17, 15) is 26.3 Å². The summed E-state index contributed by atoms with van der Waals surface area (Å²) in [6.45, 7) is 2.25. The summed E-state index contributed by atoms with van der Waals surface area (Å²) in [6, 6.07) is 4.67. The molecule has 0 saturated heterocycles. The molecule has 0 radical (unpaired) electrons. The lowest BCUT2D eigenvalue weighted by Gasteiger charge is -2.38. The van der Waals surface area contributed by atoms with Crippen LogP contribution in [0.1, 0.15) is 93.7 Å². The van der Waals surface area contributed by atoms with Gasteiger partial charge in [-0.2, -0.15) is 0 Å². The average Bonchev–Trinajstić information content (AvgIpc) is 2.87. The summed E-state index contributed by atoms with van der Waals surface area (Å²) in [6.07, 6.45) is 12.0. The highest BCUT2D eigenvalue weighted by atomic mass is 19.2. The fourth-order valence-corrected chi connectivity index (χ4v) is 6.17. The maximum absolute atomic E-state index is 14.8. The Bertz CT molecular complexity index is 1040. The van der Waals surface area contributed by atoms with Gasteiger partial charge < -0.3 is 0 Å². The maximum Gasteiger partial charge on any atom is 0.194 e. The monoisotopic (exact) mass is 494 g/mol. The van der Waals surface area contributed by atoms with Crippen LogP contribution < -0.4 is 0 Å². The molecule has 2 aliphatic carbocycles. The molecule has 35 heavy (non-hydrogen) atoms. The molecular formula is C29H32F6. The molecule has 0 unspecified atom stereocenters. The first-order chi connectivity index (χ1) is 16.8. The number of rotatable bonds is 6. The first kappa shape index (κ1) is 25.8. The molecule has 0 N–H and O–H groups in total. The van der Waals surface area contributed by atoms with Gasteiger partial charge in [0, 0.05) is 11.1 Å². The molecule has 2 aromatic carbocycles. The molecule has 0 aromatic heterocycles. The van der Waals surface area contributed by atoms with Crippen molar-refractivity contribution in [1.82, 2.24) is 0 Å². The van der Waals surface area contributed by atoms with Crippen LogP contribution >= 0.6 is 0 Å². The second kappa shape index (κ2) is 11.2. The molecule has 6 heteroatoms. The number of benzene rings is 2. The molecule has 0 spiro atoms. The van der Waals surface area contributed by atoms with E-state index in [2.05, 4.69) is 6.92 Å². The molecule has 190 valence electrons. The minimum atomic E-state index is -1.78. The highest BCUT2D eigenvalue weighted by Gasteiger charge is 2.31. The molecule has 0 bridgehead atoms. The van der Waals surface area contributed by atoms with Gasteiger partial charge in [-0.05, 0) is 92.0 Å². The van der Waals surface area contributed by atoms with Gasteiger partial charge >= 0.3 is 0 Å². The first-order valence-electron chi connectivity index (χ1n) is 12.8. The van der Waals surface area contributed by atoms with Gasteiger partial charge in [-0.15, -0.1) is 0 Å². The van der Waals surface area contributed by atoms with Crippen LogP contribution in [-0.4, -0.2) is 0 Å². The lowest BCUT2D eigenvalue weighted by molar-refractivity contribution is 0.156. The van der Waals surface area contributed by atoms with E-state index in [0.717, 1.165) is 49.1 Å².